The standard InChI is InChI=1S/C9H12N2O3/c1-3-14-11-8(12)7-5-4-6-10-9(7)13-2/h4-6H,3H2,1-2H3,(H,11,12). The molecule has 1 N–H and O–H groups in total. The number of hydrogen-bond acceptors (Lipinski definition) is 4. The Kier molecular flexibility index (Phi) is 3.87. The Balaban J connectivity index is 2.78. The van der Waals surface area contributed by atoms with Crippen molar-refractivity contribution in [2.45, 2.75) is 6.92 Å². The molecule has 1 aromatic heterocycles. The van der Waals surface area contributed by atoms with E-state index in [4.69, 9.17) is 9.57 Å². The molecule has 1 rings (SSSR count). The summed E-state index contributed by atoms with van der Waals surface area (Å²) in [6.45, 7) is 2.19. The summed E-state index contributed by atoms with van der Waals surface area (Å²) in [5.74, 6) is -0.0819. The molecule has 0 saturated heterocycles. The van der Waals surface area contributed by atoms with Crippen LogP contribution in [0.1, 0.15) is 17.3 Å². The van der Waals surface area contributed by atoms with E-state index in [1.807, 2.05) is 0 Å². The predicted octanol–water partition coefficient (Wildman–Crippen LogP) is 0.772. The minimum absolute atomic E-state index is 0.282. The van der Waals surface area contributed by atoms with Gasteiger partial charge >= 0.3 is 0 Å². The summed E-state index contributed by atoms with van der Waals surface area (Å²) in [5, 5.41) is 0. The Labute approximate surface area is 82.0 Å². The maximum absolute atomic E-state index is 11.4. The van der Waals surface area contributed by atoms with E-state index < -0.39 is 0 Å². The fourth-order valence-electron chi connectivity index (χ4n) is 0.919. The van der Waals surface area contributed by atoms with Crippen LogP contribution in [0.15, 0.2) is 18.3 Å². The van der Waals surface area contributed by atoms with Crippen LogP contribution in [0.4, 0.5) is 0 Å². The van der Waals surface area contributed by atoms with Crippen LogP contribution in [0.2, 0.25) is 0 Å². The zero-order valence-corrected chi connectivity index (χ0v) is 8.11. The summed E-state index contributed by atoms with van der Waals surface area (Å²) in [5.41, 5.74) is 2.61. The van der Waals surface area contributed by atoms with Gasteiger partial charge in [-0.25, -0.2) is 10.5 Å². The average molecular weight is 196 g/mol. The minimum Gasteiger partial charge on any atom is -0.480 e. The molecule has 1 amide bonds. The van der Waals surface area contributed by atoms with Gasteiger partial charge in [0.05, 0.1) is 13.7 Å². The molecule has 0 aromatic carbocycles. The number of hydrogen-bond donors (Lipinski definition) is 1. The van der Waals surface area contributed by atoms with Gasteiger partial charge in [-0.1, -0.05) is 0 Å². The quantitative estimate of drug-likeness (QED) is 0.722. The monoisotopic (exact) mass is 196 g/mol. The van der Waals surface area contributed by atoms with E-state index in [0.29, 0.717) is 12.2 Å². The van der Waals surface area contributed by atoms with E-state index in [1.54, 1.807) is 25.3 Å². The maximum Gasteiger partial charge on any atom is 0.280 e. The van der Waals surface area contributed by atoms with E-state index in [0.717, 1.165) is 0 Å². The lowest BCUT2D eigenvalue weighted by atomic mass is 10.2. The highest BCUT2D eigenvalue weighted by Crippen LogP contribution is 2.12. The second kappa shape index (κ2) is 5.18. The number of nitrogens with zero attached hydrogens (tertiary/aromatic N) is 1. The molecule has 5 heteroatoms. The van der Waals surface area contributed by atoms with E-state index in [9.17, 15) is 4.79 Å². The van der Waals surface area contributed by atoms with Gasteiger partial charge in [-0.05, 0) is 19.1 Å². The normalized spacial score (nSPS) is 9.57. The van der Waals surface area contributed by atoms with Crippen molar-refractivity contribution in [1.82, 2.24) is 10.5 Å². The zero-order valence-electron chi connectivity index (χ0n) is 8.11. The molecule has 0 aliphatic heterocycles. The predicted molar refractivity (Wildman–Crippen MR) is 49.9 cm³/mol. The third-order valence-corrected chi connectivity index (χ3v) is 1.52. The van der Waals surface area contributed by atoms with Gasteiger partial charge in [0.2, 0.25) is 5.88 Å². The molecule has 0 aliphatic carbocycles. The first-order valence-corrected chi connectivity index (χ1v) is 4.20. The highest BCUT2D eigenvalue weighted by Gasteiger charge is 2.11. The molecule has 0 bridgehead atoms. The van der Waals surface area contributed by atoms with Crippen LogP contribution in [-0.4, -0.2) is 24.6 Å². The van der Waals surface area contributed by atoms with Crippen LogP contribution >= 0.6 is 0 Å². The summed E-state index contributed by atoms with van der Waals surface area (Å²) < 4.78 is 4.92. The highest BCUT2D eigenvalue weighted by molar-refractivity contribution is 5.95. The summed E-state index contributed by atoms with van der Waals surface area (Å²) in [6, 6.07) is 3.27. The van der Waals surface area contributed by atoms with E-state index in [2.05, 4.69) is 10.5 Å². The lowest BCUT2D eigenvalue weighted by Gasteiger charge is -2.06. The Morgan fingerprint density at radius 1 is 1.64 bits per heavy atom. The van der Waals surface area contributed by atoms with Gasteiger partial charge in [0, 0.05) is 6.20 Å². The van der Waals surface area contributed by atoms with E-state index in [-0.39, 0.29) is 11.8 Å². The van der Waals surface area contributed by atoms with Gasteiger partial charge in [-0.3, -0.25) is 9.63 Å². The second-order valence-electron chi connectivity index (χ2n) is 2.42. The van der Waals surface area contributed by atoms with Gasteiger partial charge in [0.25, 0.3) is 5.91 Å². The smallest absolute Gasteiger partial charge is 0.280 e. The van der Waals surface area contributed by atoms with Gasteiger partial charge in [0.15, 0.2) is 0 Å². The molecule has 0 radical (unpaired) electrons. The van der Waals surface area contributed by atoms with Gasteiger partial charge in [-0.2, -0.15) is 0 Å². The first kappa shape index (κ1) is 10.5. The van der Waals surface area contributed by atoms with Crippen molar-refractivity contribution in [3.63, 3.8) is 0 Å². The van der Waals surface area contributed by atoms with Crippen molar-refractivity contribution in [3.05, 3.63) is 23.9 Å². The molecule has 1 aromatic rings. The number of amides is 1. The topological polar surface area (TPSA) is 60.5 Å². The summed E-state index contributed by atoms with van der Waals surface area (Å²) in [6.07, 6.45) is 1.55. The van der Waals surface area contributed by atoms with Gasteiger partial charge in [0.1, 0.15) is 5.56 Å². The second-order valence-corrected chi connectivity index (χ2v) is 2.42. The van der Waals surface area contributed by atoms with Crippen molar-refractivity contribution in [1.29, 1.82) is 0 Å². The minimum atomic E-state index is -0.364. The molecule has 76 valence electrons. The van der Waals surface area contributed by atoms with Crippen LogP contribution in [0.25, 0.3) is 0 Å². The maximum atomic E-state index is 11.4. The van der Waals surface area contributed by atoms with E-state index in [1.165, 1.54) is 7.11 Å². The zero-order chi connectivity index (χ0) is 10.4. The first-order valence-electron chi connectivity index (χ1n) is 4.20. The lowest BCUT2D eigenvalue weighted by Crippen LogP contribution is -2.24. The average Bonchev–Trinajstić information content (AvgIpc) is 2.25. The number of ether oxygens (including phenoxy) is 1. The summed E-state index contributed by atoms with van der Waals surface area (Å²) in [7, 11) is 1.46. The van der Waals surface area contributed by atoms with Gasteiger partial charge in [-0.15, -0.1) is 0 Å². The molecule has 0 unspecified atom stereocenters. The number of aromatic nitrogens is 1. The Morgan fingerprint density at radius 3 is 3.07 bits per heavy atom. The van der Waals surface area contributed by atoms with E-state index >= 15 is 0 Å². The molecule has 0 atom stereocenters. The molecular weight excluding hydrogens is 184 g/mol. The third kappa shape index (κ3) is 2.43. The van der Waals surface area contributed by atoms with Gasteiger partial charge < -0.3 is 4.74 Å². The van der Waals surface area contributed by atoms with Crippen molar-refractivity contribution >= 4 is 5.91 Å². The number of carbonyl (C=O) groups is 1. The molecule has 5 nitrogen and oxygen atoms in total. The van der Waals surface area contributed by atoms with Crippen LogP contribution in [0, 0.1) is 0 Å². The van der Waals surface area contributed by atoms with Crippen LogP contribution in [-0.2, 0) is 4.84 Å². The molecule has 0 saturated carbocycles. The fraction of sp³-hybridized carbons (Fsp3) is 0.333. The molecule has 14 heavy (non-hydrogen) atoms. The molecular formula is C9H12N2O3. The van der Waals surface area contributed by atoms with Crippen LogP contribution in [0.5, 0.6) is 5.88 Å². The largest absolute Gasteiger partial charge is 0.480 e. The summed E-state index contributed by atoms with van der Waals surface area (Å²) >= 11 is 0. The number of methoxy groups -OCH3 is 1. The molecule has 0 fully saturated rings. The van der Waals surface area contributed by atoms with Crippen LogP contribution in [0.3, 0.4) is 0 Å². The fourth-order valence-corrected chi connectivity index (χ4v) is 0.919. The Hall–Kier alpha value is -1.62. The number of nitrogens with one attached hydrogen (secondary N) is 1. The Morgan fingerprint density at radius 2 is 2.43 bits per heavy atom. The van der Waals surface area contributed by atoms with Crippen molar-refractivity contribution in [2.24, 2.45) is 0 Å². The number of pyridine rings is 1. The number of rotatable bonds is 4. The first-order chi connectivity index (χ1) is 6.79. The van der Waals surface area contributed by atoms with Crippen molar-refractivity contribution in [2.75, 3.05) is 13.7 Å². The molecule has 0 spiro atoms. The lowest BCUT2D eigenvalue weighted by molar-refractivity contribution is 0.0361. The summed E-state index contributed by atoms with van der Waals surface area (Å²) in [4.78, 5) is 20.1. The molecule has 0 aliphatic rings. The molecule has 1 heterocycles. The number of carbonyl (C=O) groups excluding carboxylic acids is 1. The third-order valence-electron chi connectivity index (χ3n) is 1.52. The van der Waals surface area contributed by atoms with Crippen molar-refractivity contribution in [3.8, 4) is 5.88 Å². The van der Waals surface area contributed by atoms with Crippen LogP contribution < -0.4 is 10.2 Å². The highest BCUT2D eigenvalue weighted by atomic mass is 16.6. The Bertz CT molecular complexity index is 315. The van der Waals surface area contributed by atoms with Crippen molar-refractivity contribution < 1.29 is 14.4 Å². The number of hydroxylamine groups is 1. The SMILES string of the molecule is CCONC(=O)c1cccnc1OC.